The zero-order chi connectivity index (χ0) is 15.9. The summed E-state index contributed by atoms with van der Waals surface area (Å²) in [4.78, 5) is 2.21. The first-order valence-corrected chi connectivity index (χ1v) is 7.19. The van der Waals surface area contributed by atoms with Gasteiger partial charge in [-0.3, -0.25) is 0 Å². The Morgan fingerprint density at radius 1 is 1.00 bits per heavy atom. The molecule has 0 atom stereocenters. The minimum Gasteiger partial charge on any atom is -0.456 e. The lowest BCUT2D eigenvalue weighted by Gasteiger charge is -2.21. The van der Waals surface area contributed by atoms with Crippen LogP contribution in [0, 0.1) is 22.7 Å². The number of hydrogen-bond donors (Lipinski definition) is 0. The summed E-state index contributed by atoms with van der Waals surface area (Å²) in [6, 6.07) is 16.8. The van der Waals surface area contributed by atoms with Crippen LogP contribution in [0.3, 0.4) is 0 Å². The summed E-state index contributed by atoms with van der Waals surface area (Å²) < 4.78 is 5.82. The first kappa shape index (κ1) is 15.4. The maximum absolute atomic E-state index is 9.24. The fourth-order valence-corrected chi connectivity index (χ4v) is 2.28. The van der Waals surface area contributed by atoms with Gasteiger partial charge in [0.25, 0.3) is 0 Å². The molecule has 0 saturated heterocycles. The molecule has 0 spiro atoms. The highest BCUT2D eigenvalue weighted by Crippen LogP contribution is 2.29. The minimum atomic E-state index is 0.262. The van der Waals surface area contributed by atoms with E-state index in [2.05, 4.69) is 18.7 Å². The Morgan fingerprint density at radius 2 is 1.73 bits per heavy atom. The van der Waals surface area contributed by atoms with Gasteiger partial charge in [0.1, 0.15) is 29.2 Å². The smallest absolute Gasteiger partial charge is 0.146 e. The predicted molar refractivity (Wildman–Crippen MR) is 85.9 cm³/mol. The highest BCUT2D eigenvalue weighted by Gasteiger charge is 2.10. The number of rotatable bonds is 5. The van der Waals surface area contributed by atoms with E-state index >= 15 is 0 Å². The lowest BCUT2D eigenvalue weighted by molar-refractivity contribution is 0.481. The van der Waals surface area contributed by atoms with Crippen molar-refractivity contribution in [2.24, 2.45) is 0 Å². The Bertz CT molecular complexity index is 737. The van der Waals surface area contributed by atoms with Crippen molar-refractivity contribution in [1.82, 2.24) is 0 Å². The van der Waals surface area contributed by atoms with Crippen LogP contribution < -0.4 is 9.64 Å². The molecule has 4 nitrogen and oxygen atoms in total. The normalized spacial score (nSPS) is 9.64. The molecule has 22 heavy (non-hydrogen) atoms. The van der Waals surface area contributed by atoms with E-state index in [0.717, 1.165) is 18.8 Å². The van der Waals surface area contributed by atoms with Gasteiger partial charge in [-0.2, -0.15) is 10.5 Å². The van der Waals surface area contributed by atoms with Crippen molar-refractivity contribution < 1.29 is 4.74 Å². The van der Waals surface area contributed by atoms with Gasteiger partial charge in [0.15, 0.2) is 0 Å². The van der Waals surface area contributed by atoms with Crippen LogP contribution in [0.1, 0.15) is 25.0 Å². The van der Waals surface area contributed by atoms with Crippen molar-refractivity contribution in [3.05, 3.63) is 53.6 Å². The van der Waals surface area contributed by atoms with Crippen LogP contribution >= 0.6 is 0 Å². The van der Waals surface area contributed by atoms with Crippen molar-refractivity contribution in [1.29, 1.82) is 10.5 Å². The van der Waals surface area contributed by atoms with Gasteiger partial charge >= 0.3 is 0 Å². The molecule has 0 N–H and O–H groups in total. The van der Waals surface area contributed by atoms with Crippen LogP contribution in [0.15, 0.2) is 42.5 Å². The second-order valence-electron chi connectivity index (χ2n) is 4.67. The summed E-state index contributed by atoms with van der Waals surface area (Å²) in [5.74, 6) is 1.05. The molecule has 4 heteroatoms. The summed E-state index contributed by atoms with van der Waals surface area (Å²) in [7, 11) is 0. The van der Waals surface area contributed by atoms with E-state index in [4.69, 9.17) is 10.00 Å². The van der Waals surface area contributed by atoms with Crippen LogP contribution in [-0.4, -0.2) is 13.1 Å². The molecular weight excluding hydrogens is 274 g/mol. The van der Waals surface area contributed by atoms with Gasteiger partial charge in [-0.25, -0.2) is 0 Å². The van der Waals surface area contributed by atoms with Crippen molar-refractivity contribution in [2.75, 3.05) is 18.0 Å². The van der Waals surface area contributed by atoms with Gasteiger partial charge in [-0.05, 0) is 38.1 Å². The summed E-state index contributed by atoms with van der Waals surface area (Å²) >= 11 is 0. The second kappa shape index (κ2) is 7.15. The predicted octanol–water partition coefficient (Wildman–Crippen LogP) is 4.07. The number of nitrogens with zero attached hydrogens (tertiary/aromatic N) is 3. The highest BCUT2D eigenvalue weighted by molar-refractivity contribution is 5.56. The minimum absolute atomic E-state index is 0.262. The lowest BCUT2D eigenvalue weighted by atomic mass is 10.1. The van der Waals surface area contributed by atoms with Gasteiger partial charge in [0, 0.05) is 24.8 Å². The molecule has 0 saturated carbocycles. The third-order valence-corrected chi connectivity index (χ3v) is 3.43. The molecule has 2 rings (SSSR count). The van der Waals surface area contributed by atoms with E-state index in [-0.39, 0.29) is 5.56 Å². The topological polar surface area (TPSA) is 60.0 Å². The maximum Gasteiger partial charge on any atom is 0.146 e. The first-order valence-electron chi connectivity index (χ1n) is 7.19. The van der Waals surface area contributed by atoms with Gasteiger partial charge < -0.3 is 9.64 Å². The summed E-state index contributed by atoms with van der Waals surface area (Å²) in [6.45, 7) is 6.02. The molecule has 0 aliphatic carbocycles. The lowest BCUT2D eigenvalue weighted by Crippen LogP contribution is -2.21. The molecule has 0 radical (unpaired) electrons. The molecule has 0 amide bonds. The summed E-state index contributed by atoms with van der Waals surface area (Å²) in [5.41, 5.74) is 1.65. The Hall–Kier alpha value is -2.98. The fourth-order valence-electron chi connectivity index (χ4n) is 2.28. The van der Waals surface area contributed by atoms with E-state index in [1.54, 1.807) is 18.2 Å². The van der Waals surface area contributed by atoms with Gasteiger partial charge in [0.2, 0.25) is 0 Å². The molecule has 0 aliphatic heterocycles. The molecule has 0 aliphatic rings. The molecule has 0 aromatic heterocycles. The van der Waals surface area contributed by atoms with Gasteiger partial charge in [-0.15, -0.1) is 0 Å². The maximum atomic E-state index is 9.24. The van der Waals surface area contributed by atoms with Crippen molar-refractivity contribution in [3.63, 3.8) is 0 Å². The summed E-state index contributed by atoms with van der Waals surface area (Å²) in [5, 5.41) is 18.3. The Kier molecular flexibility index (Phi) is 5.01. The first-order chi connectivity index (χ1) is 10.7. The van der Waals surface area contributed by atoms with E-state index in [1.807, 2.05) is 36.4 Å². The second-order valence-corrected chi connectivity index (χ2v) is 4.67. The molecule has 2 aromatic carbocycles. The zero-order valence-electron chi connectivity index (χ0n) is 12.7. The fraction of sp³-hybridized carbons (Fsp3) is 0.222. The molecule has 0 unspecified atom stereocenters. The SMILES string of the molecule is CCN(CC)c1cccc(Oc2cccc(C#N)c2C#N)c1. The molecular formula is C18H17N3O. The van der Waals surface area contributed by atoms with E-state index in [9.17, 15) is 5.26 Å². The van der Waals surface area contributed by atoms with Crippen molar-refractivity contribution >= 4 is 5.69 Å². The molecule has 0 bridgehead atoms. The summed E-state index contributed by atoms with van der Waals surface area (Å²) in [6.07, 6.45) is 0. The van der Waals surface area contributed by atoms with Crippen LogP contribution in [0.2, 0.25) is 0 Å². The van der Waals surface area contributed by atoms with Crippen molar-refractivity contribution in [2.45, 2.75) is 13.8 Å². The molecule has 0 heterocycles. The quantitative estimate of drug-likeness (QED) is 0.833. The number of benzene rings is 2. The highest BCUT2D eigenvalue weighted by atomic mass is 16.5. The average molecular weight is 291 g/mol. The third kappa shape index (κ3) is 3.19. The number of anilines is 1. The van der Waals surface area contributed by atoms with Crippen LogP contribution in [0.5, 0.6) is 11.5 Å². The van der Waals surface area contributed by atoms with Gasteiger partial charge in [0.05, 0.1) is 5.56 Å². The van der Waals surface area contributed by atoms with E-state index in [1.165, 1.54) is 0 Å². The molecule has 2 aromatic rings. The third-order valence-electron chi connectivity index (χ3n) is 3.43. The van der Waals surface area contributed by atoms with Crippen LogP contribution in [0.25, 0.3) is 0 Å². The van der Waals surface area contributed by atoms with Crippen LogP contribution in [-0.2, 0) is 0 Å². The van der Waals surface area contributed by atoms with Crippen LogP contribution in [0.4, 0.5) is 5.69 Å². The average Bonchev–Trinajstić information content (AvgIpc) is 2.56. The Morgan fingerprint density at radius 3 is 2.36 bits per heavy atom. The standard InChI is InChI=1S/C18H17N3O/c1-3-21(4-2)15-8-6-9-16(11-15)22-18-10-5-7-14(12-19)17(18)13-20/h5-11H,3-4H2,1-2H3. The molecule has 0 fully saturated rings. The number of ether oxygens (including phenoxy) is 1. The number of nitriles is 2. The Labute approximate surface area is 130 Å². The van der Waals surface area contributed by atoms with E-state index in [0.29, 0.717) is 17.1 Å². The number of hydrogen-bond acceptors (Lipinski definition) is 4. The van der Waals surface area contributed by atoms with Crippen molar-refractivity contribution in [3.8, 4) is 23.6 Å². The Balaban J connectivity index is 2.35. The van der Waals surface area contributed by atoms with Gasteiger partial charge in [-0.1, -0.05) is 12.1 Å². The van der Waals surface area contributed by atoms with E-state index < -0.39 is 0 Å². The monoisotopic (exact) mass is 291 g/mol. The zero-order valence-corrected chi connectivity index (χ0v) is 12.7. The molecule has 110 valence electrons. The largest absolute Gasteiger partial charge is 0.456 e.